The van der Waals surface area contributed by atoms with Gasteiger partial charge in [-0.05, 0) is 55.4 Å². The van der Waals surface area contributed by atoms with Crippen LogP contribution in [0.1, 0.15) is 50.2 Å². The summed E-state index contributed by atoms with van der Waals surface area (Å²) in [5.74, 6) is -0.717. The predicted molar refractivity (Wildman–Crippen MR) is 169 cm³/mol. The summed E-state index contributed by atoms with van der Waals surface area (Å²) in [5, 5.41) is 18.8. The average Bonchev–Trinajstić information content (AvgIpc) is 3.04. The number of likely N-dealkylation sites (tertiary alicyclic amines) is 1. The van der Waals surface area contributed by atoms with Crippen molar-refractivity contribution in [2.24, 2.45) is 11.3 Å². The van der Waals surface area contributed by atoms with E-state index in [4.69, 9.17) is 4.74 Å². The van der Waals surface area contributed by atoms with Crippen LogP contribution in [-0.2, 0) is 36.8 Å². The van der Waals surface area contributed by atoms with Gasteiger partial charge in [-0.25, -0.2) is 0 Å². The van der Waals surface area contributed by atoms with Crippen molar-refractivity contribution in [2.45, 2.75) is 70.0 Å². The molecule has 3 aliphatic heterocycles. The Morgan fingerprint density at radius 1 is 1.02 bits per heavy atom. The number of nitrogens with one attached hydrogen (secondary N) is 3. The molecule has 0 aromatic heterocycles. The summed E-state index contributed by atoms with van der Waals surface area (Å²) in [4.78, 5) is 55.3. The highest BCUT2D eigenvalue weighted by Gasteiger charge is 2.42. The molecule has 2 aromatic rings. The van der Waals surface area contributed by atoms with Gasteiger partial charge >= 0.3 is 0 Å². The van der Waals surface area contributed by atoms with Crippen molar-refractivity contribution in [1.82, 2.24) is 20.9 Å². The lowest BCUT2D eigenvalue weighted by atomic mass is 9.75. The molecule has 4 amide bonds. The second-order valence-electron chi connectivity index (χ2n) is 12.6. The van der Waals surface area contributed by atoms with E-state index in [1.807, 2.05) is 30.3 Å². The van der Waals surface area contributed by atoms with Crippen LogP contribution in [0.2, 0.25) is 0 Å². The number of ether oxygens (including phenoxy) is 1. The summed E-state index contributed by atoms with van der Waals surface area (Å²) in [5.41, 5.74) is 1.14. The van der Waals surface area contributed by atoms with Gasteiger partial charge in [0.25, 0.3) is 0 Å². The minimum Gasteiger partial charge on any atom is -0.508 e. The second kappa shape index (κ2) is 14.7. The number of rotatable bonds is 6. The molecule has 4 N–H and O–H groups in total. The molecule has 4 atom stereocenters. The minimum atomic E-state index is -0.751. The third kappa shape index (κ3) is 8.30. The number of amides is 4. The van der Waals surface area contributed by atoms with Crippen LogP contribution in [0.3, 0.4) is 0 Å². The quantitative estimate of drug-likeness (QED) is 0.369. The Hall–Kier alpha value is -4.18. The Morgan fingerprint density at radius 3 is 2.47 bits per heavy atom. The standard InChI is InChI=1S/C35H44N4O6/c1-24(40)36-31(22-26-10-12-28(41)13-11-26)33(43)39-18-14-29-27(23-39)9-5-6-15-35(16-19-45-20-17-35)34(44)38-30(32(42)37-29)21-25-7-3-2-4-8-25/h2-8,10-13,27,29-31,41H,9,14-23H2,1H3,(H,36,40)(H,37,42)(H,38,44)/b6-5+/t27-,29+,30+,31-/m0/s1. The number of hydrogen-bond acceptors (Lipinski definition) is 6. The van der Waals surface area contributed by atoms with Gasteiger partial charge < -0.3 is 30.7 Å². The minimum absolute atomic E-state index is 0.0484. The molecule has 2 saturated heterocycles. The molecule has 10 heteroatoms. The summed E-state index contributed by atoms with van der Waals surface area (Å²) >= 11 is 0. The van der Waals surface area contributed by atoms with E-state index in [0.29, 0.717) is 71.2 Å². The molecule has 2 fully saturated rings. The lowest BCUT2D eigenvalue weighted by Crippen LogP contribution is -2.60. The number of carbonyl (C=O) groups excluding carboxylic acids is 4. The maximum atomic E-state index is 13.9. The number of phenolic OH excluding ortho intramolecular Hbond substituents is 1. The van der Waals surface area contributed by atoms with Gasteiger partial charge in [0.1, 0.15) is 17.8 Å². The van der Waals surface area contributed by atoms with Crippen molar-refractivity contribution in [3.05, 3.63) is 77.9 Å². The van der Waals surface area contributed by atoms with Gasteiger partial charge in [0.15, 0.2) is 0 Å². The number of aromatic hydroxyl groups is 1. The highest BCUT2D eigenvalue weighted by Crippen LogP contribution is 2.36. The van der Waals surface area contributed by atoms with Crippen molar-refractivity contribution in [1.29, 1.82) is 0 Å². The van der Waals surface area contributed by atoms with Crippen molar-refractivity contribution in [2.75, 3.05) is 26.3 Å². The van der Waals surface area contributed by atoms with Crippen LogP contribution < -0.4 is 16.0 Å². The summed E-state index contributed by atoms with van der Waals surface area (Å²) in [6.45, 7) is 3.24. The van der Waals surface area contributed by atoms with Crippen LogP contribution in [0.4, 0.5) is 0 Å². The smallest absolute Gasteiger partial charge is 0.245 e. The molecular formula is C35H44N4O6. The molecule has 10 nitrogen and oxygen atoms in total. The zero-order chi connectivity index (χ0) is 31.8. The number of carbonyl (C=O) groups is 4. The lowest BCUT2D eigenvalue weighted by Gasteiger charge is -2.41. The van der Waals surface area contributed by atoms with Gasteiger partial charge in [-0.3, -0.25) is 19.2 Å². The van der Waals surface area contributed by atoms with E-state index in [0.717, 1.165) is 11.1 Å². The summed E-state index contributed by atoms with van der Waals surface area (Å²) < 4.78 is 5.59. The van der Waals surface area contributed by atoms with Crippen molar-refractivity contribution < 1.29 is 29.0 Å². The Bertz CT molecular complexity index is 1370. The largest absolute Gasteiger partial charge is 0.508 e. The van der Waals surface area contributed by atoms with Crippen molar-refractivity contribution >= 4 is 23.6 Å². The highest BCUT2D eigenvalue weighted by molar-refractivity contribution is 5.91. The molecule has 240 valence electrons. The first-order chi connectivity index (χ1) is 21.7. The van der Waals surface area contributed by atoms with Gasteiger partial charge in [-0.15, -0.1) is 0 Å². The maximum Gasteiger partial charge on any atom is 0.245 e. The SMILES string of the molecule is CC(=O)N[C@@H](Cc1ccc(O)cc1)C(=O)N1CC[C@H]2NC(=O)[C@@H](Cc3ccccc3)NC(=O)C3(C/C=C/C[C@H]2C1)CCOCC3. The summed E-state index contributed by atoms with van der Waals surface area (Å²) in [7, 11) is 0. The molecule has 0 aliphatic carbocycles. The predicted octanol–water partition coefficient (Wildman–Crippen LogP) is 2.65. The number of benzene rings is 2. The fourth-order valence-corrected chi connectivity index (χ4v) is 6.71. The average molecular weight is 617 g/mol. The summed E-state index contributed by atoms with van der Waals surface area (Å²) in [6.07, 6.45) is 7.73. The van der Waals surface area contributed by atoms with E-state index in [-0.39, 0.29) is 41.3 Å². The van der Waals surface area contributed by atoms with Gasteiger partial charge in [-0.2, -0.15) is 0 Å². The van der Waals surface area contributed by atoms with Crippen LogP contribution in [0.25, 0.3) is 0 Å². The Morgan fingerprint density at radius 2 is 1.76 bits per heavy atom. The number of hydrogen-bond donors (Lipinski definition) is 4. The third-order valence-corrected chi connectivity index (χ3v) is 9.38. The first-order valence-electron chi connectivity index (χ1n) is 15.9. The number of piperidine rings is 1. The van der Waals surface area contributed by atoms with Gasteiger partial charge in [0.05, 0.1) is 5.41 Å². The van der Waals surface area contributed by atoms with Crippen molar-refractivity contribution in [3.8, 4) is 5.75 Å². The first kappa shape index (κ1) is 32.2. The molecule has 1 spiro atoms. The zero-order valence-corrected chi connectivity index (χ0v) is 25.9. The van der Waals surface area contributed by atoms with E-state index in [1.54, 1.807) is 29.2 Å². The lowest BCUT2D eigenvalue weighted by molar-refractivity contribution is -0.141. The van der Waals surface area contributed by atoms with E-state index >= 15 is 0 Å². The Labute approximate surface area is 264 Å². The van der Waals surface area contributed by atoms with Gasteiger partial charge in [-0.1, -0.05) is 54.6 Å². The Balaban J connectivity index is 1.36. The molecule has 3 aliphatic rings. The van der Waals surface area contributed by atoms with E-state index in [9.17, 15) is 24.3 Å². The molecule has 45 heavy (non-hydrogen) atoms. The molecular weight excluding hydrogens is 572 g/mol. The topological polar surface area (TPSA) is 137 Å². The fourth-order valence-electron chi connectivity index (χ4n) is 6.71. The molecule has 0 saturated carbocycles. The zero-order valence-electron chi connectivity index (χ0n) is 25.9. The number of phenols is 1. The van der Waals surface area contributed by atoms with Crippen LogP contribution >= 0.6 is 0 Å². The number of allylic oxidation sites excluding steroid dienone is 2. The maximum absolute atomic E-state index is 13.9. The fraction of sp³-hybridized carbons (Fsp3) is 0.486. The van der Waals surface area contributed by atoms with Gasteiger partial charge in [0.2, 0.25) is 23.6 Å². The summed E-state index contributed by atoms with van der Waals surface area (Å²) in [6, 6.07) is 14.6. The first-order valence-corrected chi connectivity index (χ1v) is 15.9. The van der Waals surface area contributed by atoms with Crippen LogP contribution in [0, 0.1) is 11.3 Å². The molecule has 3 heterocycles. The molecule has 0 bridgehead atoms. The number of fused-ring (bicyclic) bond motifs is 1. The van der Waals surface area contributed by atoms with Crippen LogP contribution in [-0.4, -0.2) is 78.1 Å². The van der Waals surface area contributed by atoms with E-state index < -0.39 is 17.5 Å². The monoisotopic (exact) mass is 616 g/mol. The van der Waals surface area contributed by atoms with Crippen LogP contribution in [0.5, 0.6) is 5.75 Å². The highest BCUT2D eigenvalue weighted by atomic mass is 16.5. The molecule has 0 radical (unpaired) electrons. The van der Waals surface area contributed by atoms with Crippen molar-refractivity contribution in [3.63, 3.8) is 0 Å². The normalized spacial score (nSPS) is 25.0. The van der Waals surface area contributed by atoms with E-state index in [1.165, 1.54) is 6.92 Å². The van der Waals surface area contributed by atoms with Crippen LogP contribution in [0.15, 0.2) is 66.7 Å². The van der Waals surface area contributed by atoms with E-state index in [2.05, 4.69) is 28.1 Å². The molecule has 0 unspecified atom stereocenters. The molecule has 2 aromatic carbocycles. The Kier molecular flexibility index (Phi) is 10.5. The second-order valence-corrected chi connectivity index (χ2v) is 12.6. The molecule has 5 rings (SSSR count). The number of nitrogens with zero attached hydrogens (tertiary/aromatic N) is 1. The third-order valence-electron chi connectivity index (χ3n) is 9.38. The van der Waals surface area contributed by atoms with Gasteiger partial charge in [0, 0.05) is 58.0 Å².